The van der Waals surface area contributed by atoms with Crippen LogP contribution in [0, 0.1) is 0 Å². The molecule has 0 radical (unpaired) electrons. The van der Waals surface area contributed by atoms with Crippen LogP contribution in [0.2, 0.25) is 0 Å². The summed E-state index contributed by atoms with van der Waals surface area (Å²) in [7, 11) is 4.05. The first-order valence-electron chi connectivity index (χ1n) is 6.46. The van der Waals surface area contributed by atoms with Crippen LogP contribution in [-0.2, 0) is 4.79 Å². The highest BCUT2D eigenvalue weighted by Crippen LogP contribution is 2.18. The van der Waals surface area contributed by atoms with E-state index >= 15 is 0 Å². The Balaban J connectivity index is 1.97. The van der Waals surface area contributed by atoms with Gasteiger partial charge in [0.25, 0.3) is 0 Å². The lowest BCUT2D eigenvalue weighted by atomic mass is 10.1. The molecule has 0 spiro atoms. The zero-order valence-corrected chi connectivity index (χ0v) is 11.1. The van der Waals surface area contributed by atoms with Gasteiger partial charge in [-0.3, -0.25) is 4.79 Å². The molecule has 98 valence electrons. The van der Waals surface area contributed by atoms with E-state index in [4.69, 9.17) is 0 Å². The molecule has 18 heavy (non-hydrogen) atoms. The van der Waals surface area contributed by atoms with E-state index in [1.165, 1.54) is 5.69 Å². The van der Waals surface area contributed by atoms with Crippen LogP contribution in [0.1, 0.15) is 19.3 Å². The van der Waals surface area contributed by atoms with Crippen molar-refractivity contribution >= 4 is 17.3 Å². The molecule has 2 rings (SSSR count). The van der Waals surface area contributed by atoms with E-state index in [0.29, 0.717) is 6.42 Å². The van der Waals surface area contributed by atoms with Crippen molar-refractivity contribution in [1.82, 2.24) is 5.32 Å². The Morgan fingerprint density at radius 2 is 2.00 bits per heavy atom. The van der Waals surface area contributed by atoms with Gasteiger partial charge in [0.1, 0.15) is 0 Å². The van der Waals surface area contributed by atoms with Crippen molar-refractivity contribution in [3.8, 4) is 0 Å². The van der Waals surface area contributed by atoms with Crippen LogP contribution in [0.5, 0.6) is 0 Å². The minimum absolute atomic E-state index is 0.148. The maximum absolute atomic E-state index is 11.5. The molecule has 0 aromatic heterocycles. The average molecular weight is 247 g/mol. The highest BCUT2D eigenvalue weighted by atomic mass is 16.1. The topological polar surface area (TPSA) is 44.4 Å². The average Bonchev–Trinajstić information content (AvgIpc) is 2.54. The predicted molar refractivity (Wildman–Crippen MR) is 75.0 cm³/mol. The third-order valence-corrected chi connectivity index (χ3v) is 3.24. The van der Waals surface area contributed by atoms with Gasteiger partial charge in [0, 0.05) is 44.5 Å². The van der Waals surface area contributed by atoms with Crippen molar-refractivity contribution < 1.29 is 4.79 Å². The largest absolute Gasteiger partial charge is 0.382 e. The second-order valence-corrected chi connectivity index (χ2v) is 4.98. The second kappa shape index (κ2) is 5.76. The quantitative estimate of drug-likeness (QED) is 0.856. The molecule has 1 saturated heterocycles. The summed E-state index contributed by atoms with van der Waals surface area (Å²) in [6.45, 7) is 0.802. The van der Waals surface area contributed by atoms with Gasteiger partial charge < -0.3 is 15.5 Å². The van der Waals surface area contributed by atoms with Crippen molar-refractivity contribution in [2.75, 3.05) is 30.9 Å². The highest BCUT2D eigenvalue weighted by Gasteiger charge is 2.16. The number of rotatable bonds is 3. The Hall–Kier alpha value is -1.71. The number of nitrogens with zero attached hydrogens (tertiary/aromatic N) is 1. The van der Waals surface area contributed by atoms with Gasteiger partial charge in [-0.2, -0.15) is 0 Å². The molecule has 0 aliphatic carbocycles. The van der Waals surface area contributed by atoms with Crippen LogP contribution in [0.4, 0.5) is 11.4 Å². The van der Waals surface area contributed by atoms with Gasteiger partial charge in [0.05, 0.1) is 0 Å². The molecule has 1 amide bonds. The van der Waals surface area contributed by atoms with E-state index in [9.17, 15) is 4.79 Å². The molecule has 1 fully saturated rings. The van der Waals surface area contributed by atoms with Gasteiger partial charge in [-0.1, -0.05) is 0 Å². The summed E-state index contributed by atoms with van der Waals surface area (Å²) in [5, 5.41) is 6.34. The first-order chi connectivity index (χ1) is 8.65. The Morgan fingerprint density at radius 3 is 2.67 bits per heavy atom. The summed E-state index contributed by atoms with van der Waals surface area (Å²) in [5.41, 5.74) is 2.26. The molecule has 1 atom stereocenters. The van der Waals surface area contributed by atoms with Crippen LogP contribution >= 0.6 is 0 Å². The lowest BCUT2D eigenvalue weighted by molar-refractivity contribution is -0.120. The fraction of sp³-hybridized carbons (Fsp3) is 0.500. The molecule has 1 aliphatic heterocycles. The van der Waals surface area contributed by atoms with Gasteiger partial charge in [-0.15, -0.1) is 0 Å². The SMILES string of the molecule is CN(C)c1ccc(NC2CCCNC(=O)C2)cc1. The summed E-state index contributed by atoms with van der Waals surface area (Å²) in [6, 6.07) is 8.55. The molecule has 1 aromatic rings. The minimum atomic E-state index is 0.148. The second-order valence-electron chi connectivity index (χ2n) is 4.98. The van der Waals surface area contributed by atoms with E-state index in [2.05, 4.69) is 39.8 Å². The monoisotopic (exact) mass is 247 g/mol. The standard InChI is InChI=1S/C14H21N3O/c1-17(2)13-7-5-11(6-8-13)16-12-4-3-9-15-14(18)10-12/h5-8,12,16H,3-4,9-10H2,1-2H3,(H,15,18). The first-order valence-corrected chi connectivity index (χ1v) is 6.46. The molecule has 0 saturated carbocycles. The lowest BCUT2D eigenvalue weighted by Gasteiger charge is -2.18. The number of hydrogen-bond acceptors (Lipinski definition) is 3. The summed E-state index contributed by atoms with van der Waals surface area (Å²) >= 11 is 0. The Morgan fingerprint density at radius 1 is 1.28 bits per heavy atom. The van der Waals surface area contributed by atoms with E-state index in [-0.39, 0.29) is 11.9 Å². The van der Waals surface area contributed by atoms with Crippen molar-refractivity contribution in [2.24, 2.45) is 0 Å². The van der Waals surface area contributed by atoms with Crippen molar-refractivity contribution in [3.63, 3.8) is 0 Å². The molecule has 1 aromatic carbocycles. The van der Waals surface area contributed by atoms with Crippen molar-refractivity contribution in [1.29, 1.82) is 0 Å². The molecule has 1 aliphatic rings. The number of carbonyl (C=O) groups excluding carboxylic acids is 1. The number of anilines is 2. The molecule has 1 heterocycles. The van der Waals surface area contributed by atoms with Gasteiger partial charge >= 0.3 is 0 Å². The zero-order valence-electron chi connectivity index (χ0n) is 11.1. The number of carbonyl (C=O) groups is 1. The normalized spacial score (nSPS) is 19.9. The Labute approximate surface area is 108 Å². The summed E-state index contributed by atoms with van der Waals surface area (Å²) < 4.78 is 0. The van der Waals surface area contributed by atoms with Gasteiger partial charge in [0.15, 0.2) is 0 Å². The van der Waals surface area contributed by atoms with Gasteiger partial charge in [-0.05, 0) is 37.1 Å². The van der Waals surface area contributed by atoms with Gasteiger partial charge in [-0.25, -0.2) is 0 Å². The summed E-state index contributed by atoms with van der Waals surface area (Å²) in [4.78, 5) is 13.5. The Kier molecular flexibility index (Phi) is 4.07. The van der Waals surface area contributed by atoms with Crippen molar-refractivity contribution in [2.45, 2.75) is 25.3 Å². The minimum Gasteiger partial charge on any atom is -0.382 e. The van der Waals surface area contributed by atoms with E-state index in [1.807, 2.05) is 14.1 Å². The summed E-state index contributed by atoms with van der Waals surface area (Å²) in [6.07, 6.45) is 2.64. The molecule has 2 N–H and O–H groups in total. The first kappa shape index (κ1) is 12.7. The third kappa shape index (κ3) is 3.39. The lowest BCUT2D eigenvalue weighted by Crippen LogP contribution is -2.26. The van der Waals surface area contributed by atoms with Crippen LogP contribution < -0.4 is 15.5 Å². The fourth-order valence-corrected chi connectivity index (χ4v) is 2.19. The molecule has 4 nitrogen and oxygen atoms in total. The van der Waals surface area contributed by atoms with Crippen LogP contribution in [0.3, 0.4) is 0 Å². The number of nitrogens with one attached hydrogen (secondary N) is 2. The Bertz CT molecular complexity index is 400. The third-order valence-electron chi connectivity index (χ3n) is 3.24. The van der Waals surface area contributed by atoms with Crippen LogP contribution in [0.15, 0.2) is 24.3 Å². The number of hydrogen-bond donors (Lipinski definition) is 2. The molecule has 0 bridgehead atoms. The fourth-order valence-electron chi connectivity index (χ4n) is 2.19. The van der Waals surface area contributed by atoms with Crippen LogP contribution in [0.25, 0.3) is 0 Å². The van der Waals surface area contributed by atoms with E-state index in [1.54, 1.807) is 0 Å². The molecule has 4 heteroatoms. The van der Waals surface area contributed by atoms with Gasteiger partial charge in [0.2, 0.25) is 5.91 Å². The van der Waals surface area contributed by atoms with E-state index in [0.717, 1.165) is 25.1 Å². The molecular weight excluding hydrogens is 226 g/mol. The molecule has 1 unspecified atom stereocenters. The smallest absolute Gasteiger partial charge is 0.222 e. The number of benzene rings is 1. The maximum Gasteiger partial charge on any atom is 0.222 e. The highest BCUT2D eigenvalue weighted by molar-refractivity contribution is 5.77. The summed E-state index contributed by atoms with van der Waals surface area (Å²) in [5.74, 6) is 0.148. The zero-order chi connectivity index (χ0) is 13.0. The number of amides is 1. The van der Waals surface area contributed by atoms with Crippen LogP contribution in [-0.4, -0.2) is 32.6 Å². The van der Waals surface area contributed by atoms with Crippen molar-refractivity contribution in [3.05, 3.63) is 24.3 Å². The maximum atomic E-state index is 11.5. The van der Waals surface area contributed by atoms with E-state index < -0.39 is 0 Å². The molecular formula is C14H21N3O. The predicted octanol–water partition coefficient (Wildman–Crippen LogP) is 1.83.